The number of aryl methyl sites for hydroxylation is 1. The summed E-state index contributed by atoms with van der Waals surface area (Å²) in [6.45, 7) is 8.44. The van der Waals surface area contributed by atoms with Crippen molar-refractivity contribution in [3.63, 3.8) is 0 Å². The van der Waals surface area contributed by atoms with Crippen LogP contribution in [0.1, 0.15) is 76.4 Å². The van der Waals surface area contributed by atoms with Gasteiger partial charge in [0.25, 0.3) is 0 Å². The van der Waals surface area contributed by atoms with Crippen LogP contribution in [-0.2, 0) is 13.6 Å². The molecule has 0 atom stereocenters. The number of nitrogens with zero attached hydrogens (tertiary/aromatic N) is 5. The van der Waals surface area contributed by atoms with E-state index < -0.39 is 0 Å². The highest BCUT2D eigenvalue weighted by Crippen LogP contribution is 2.18. The van der Waals surface area contributed by atoms with Crippen LogP contribution in [0.25, 0.3) is 0 Å². The van der Waals surface area contributed by atoms with E-state index in [-0.39, 0.29) is 0 Å². The van der Waals surface area contributed by atoms with E-state index in [0.29, 0.717) is 18.6 Å². The molecule has 3 rings (SSSR count). The van der Waals surface area contributed by atoms with Crippen LogP contribution in [0.4, 0.5) is 0 Å². The molecule has 1 saturated heterocycles. The Kier molecular flexibility index (Phi) is 8.13. The van der Waals surface area contributed by atoms with E-state index in [1.807, 2.05) is 18.5 Å². The molecule has 0 radical (unpaired) electrons. The number of likely N-dealkylation sites (tertiary alicyclic amines) is 1. The van der Waals surface area contributed by atoms with Gasteiger partial charge < -0.3 is 20.1 Å². The molecule has 7 heteroatoms. The Morgan fingerprint density at radius 3 is 2.32 bits per heavy atom. The number of guanidine groups is 1. The van der Waals surface area contributed by atoms with Crippen LogP contribution in [0.5, 0.6) is 0 Å². The van der Waals surface area contributed by atoms with Crippen LogP contribution in [0.2, 0.25) is 0 Å². The van der Waals surface area contributed by atoms with Gasteiger partial charge in [0.2, 0.25) is 0 Å². The third kappa shape index (κ3) is 6.19. The van der Waals surface area contributed by atoms with E-state index in [2.05, 4.69) is 32.7 Å². The minimum Gasteiger partial charge on any atom is -0.354 e. The van der Waals surface area contributed by atoms with Gasteiger partial charge in [0.1, 0.15) is 12.4 Å². The lowest BCUT2D eigenvalue weighted by atomic mass is 9.95. The SMILES string of the molecule is CCCCN1CCC(NC(=NCc2nnc(C)n2C)NC2CCCCC2)CC1. The molecular formula is C21H39N7. The fourth-order valence-electron chi connectivity index (χ4n) is 4.19. The Bertz CT molecular complexity index is 610. The van der Waals surface area contributed by atoms with Crippen molar-refractivity contribution in [1.82, 2.24) is 30.3 Å². The van der Waals surface area contributed by atoms with Crippen molar-refractivity contribution in [1.29, 1.82) is 0 Å². The number of nitrogens with one attached hydrogen (secondary N) is 2. The second kappa shape index (κ2) is 10.8. The molecular weight excluding hydrogens is 350 g/mol. The van der Waals surface area contributed by atoms with E-state index in [1.165, 1.54) is 77.4 Å². The maximum Gasteiger partial charge on any atom is 0.192 e. The summed E-state index contributed by atoms with van der Waals surface area (Å²) in [5, 5.41) is 15.9. The van der Waals surface area contributed by atoms with Gasteiger partial charge in [0.05, 0.1) is 0 Å². The largest absolute Gasteiger partial charge is 0.354 e. The summed E-state index contributed by atoms with van der Waals surface area (Å²) in [6, 6.07) is 1.06. The van der Waals surface area contributed by atoms with E-state index >= 15 is 0 Å². The second-order valence-electron chi connectivity index (χ2n) is 8.48. The zero-order valence-corrected chi connectivity index (χ0v) is 18.1. The van der Waals surface area contributed by atoms with Crippen LogP contribution >= 0.6 is 0 Å². The molecule has 1 aliphatic carbocycles. The summed E-state index contributed by atoms with van der Waals surface area (Å²) >= 11 is 0. The molecule has 0 spiro atoms. The summed E-state index contributed by atoms with van der Waals surface area (Å²) < 4.78 is 2.02. The Balaban J connectivity index is 1.57. The van der Waals surface area contributed by atoms with Gasteiger partial charge in [-0.25, -0.2) is 4.99 Å². The standard InChI is InChI=1S/C21H39N7/c1-4-5-13-28-14-11-19(12-15-28)24-21(23-18-9-7-6-8-10-18)22-16-20-26-25-17(2)27(20)3/h18-19H,4-16H2,1-3H3,(H2,22,23,24). The number of piperidine rings is 1. The number of rotatable bonds is 7. The molecule has 28 heavy (non-hydrogen) atoms. The molecule has 158 valence electrons. The molecule has 0 amide bonds. The molecule has 1 saturated carbocycles. The summed E-state index contributed by atoms with van der Waals surface area (Å²) in [5.41, 5.74) is 0. The minimum atomic E-state index is 0.508. The topological polar surface area (TPSA) is 70.4 Å². The van der Waals surface area contributed by atoms with Crippen molar-refractivity contribution in [2.24, 2.45) is 12.0 Å². The number of aromatic nitrogens is 3. The lowest BCUT2D eigenvalue weighted by molar-refractivity contribution is 0.203. The van der Waals surface area contributed by atoms with E-state index in [9.17, 15) is 0 Å². The average Bonchev–Trinajstić information content (AvgIpc) is 3.04. The summed E-state index contributed by atoms with van der Waals surface area (Å²) in [4.78, 5) is 7.49. The zero-order valence-electron chi connectivity index (χ0n) is 18.1. The van der Waals surface area contributed by atoms with Gasteiger partial charge in [0.15, 0.2) is 11.8 Å². The van der Waals surface area contributed by atoms with Gasteiger partial charge in [-0.05, 0) is 45.6 Å². The first-order chi connectivity index (χ1) is 13.7. The van der Waals surface area contributed by atoms with Crippen molar-refractivity contribution in [3.8, 4) is 0 Å². The molecule has 1 aliphatic heterocycles. The molecule has 1 aromatic rings. The highest BCUT2D eigenvalue weighted by molar-refractivity contribution is 5.80. The third-order valence-electron chi connectivity index (χ3n) is 6.26. The zero-order chi connectivity index (χ0) is 19.8. The van der Waals surface area contributed by atoms with Crippen molar-refractivity contribution < 1.29 is 0 Å². The van der Waals surface area contributed by atoms with E-state index in [4.69, 9.17) is 4.99 Å². The van der Waals surface area contributed by atoms with Crippen LogP contribution in [0.3, 0.4) is 0 Å². The van der Waals surface area contributed by atoms with Crippen LogP contribution in [0, 0.1) is 6.92 Å². The Morgan fingerprint density at radius 2 is 1.71 bits per heavy atom. The molecule has 0 bridgehead atoms. The molecule has 2 fully saturated rings. The first-order valence-corrected chi connectivity index (χ1v) is 11.3. The predicted molar refractivity (Wildman–Crippen MR) is 114 cm³/mol. The smallest absolute Gasteiger partial charge is 0.192 e. The molecule has 2 N–H and O–H groups in total. The summed E-state index contributed by atoms with van der Waals surface area (Å²) in [5.74, 6) is 2.80. The Labute approximate surface area is 170 Å². The van der Waals surface area contributed by atoms with Crippen molar-refractivity contribution in [2.45, 2.75) is 90.3 Å². The highest BCUT2D eigenvalue weighted by atomic mass is 15.3. The fraction of sp³-hybridized carbons (Fsp3) is 0.857. The van der Waals surface area contributed by atoms with Crippen LogP contribution < -0.4 is 10.6 Å². The molecule has 1 aromatic heterocycles. The normalized spacial score (nSPS) is 20.5. The van der Waals surface area contributed by atoms with E-state index in [0.717, 1.165) is 17.6 Å². The number of aliphatic imine (C=N–C) groups is 1. The maximum absolute atomic E-state index is 4.88. The van der Waals surface area contributed by atoms with Gasteiger partial charge in [-0.3, -0.25) is 0 Å². The van der Waals surface area contributed by atoms with Gasteiger partial charge in [-0.15, -0.1) is 10.2 Å². The first-order valence-electron chi connectivity index (χ1n) is 11.3. The van der Waals surface area contributed by atoms with Crippen molar-refractivity contribution in [2.75, 3.05) is 19.6 Å². The molecule has 2 aliphatic rings. The maximum atomic E-state index is 4.88. The highest BCUT2D eigenvalue weighted by Gasteiger charge is 2.21. The average molecular weight is 390 g/mol. The minimum absolute atomic E-state index is 0.508. The van der Waals surface area contributed by atoms with Gasteiger partial charge in [-0.1, -0.05) is 32.6 Å². The van der Waals surface area contributed by atoms with Crippen LogP contribution in [-0.4, -0.2) is 57.3 Å². The second-order valence-corrected chi connectivity index (χ2v) is 8.48. The monoisotopic (exact) mass is 389 g/mol. The van der Waals surface area contributed by atoms with Crippen molar-refractivity contribution >= 4 is 5.96 Å². The fourth-order valence-corrected chi connectivity index (χ4v) is 4.19. The third-order valence-corrected chi connectivity index (χ3v) is 6.26. The Morgan fingerprint density at radius 1 is 1.04 bits per heavy atom. The van der Waals surface area contributed by atoms with Crippen molar-refractivity contribution in [3.05, 3.63) is 11.6 Å². The lowest BCUT2D eigenvalue weighted by Crippen LogP contribution is -2.51. The van der Waals surface area contributed by atoms with Gasteiger partial charge >= 0.3 is 0 Å². The predicted octanol–water partition coefficient (Wildman–Crippen LogP) is 2.76. The summed E-state index contributed by atoms with van der Waals surface area (Å²) in [6.07, 6.45) is 11.5. The molecule has 7 nitrogen and oxygen atoms in total. The quantitative estimate of drug-likeness (QED) is 0.554. The Hall–Kier alpha value is -1.63. The van der Waals surface area contributed by atoms with Crippen LogP contribution in [0.15, 0.2) is 4.99 Å². The molecule has 2 heterocycles. The van der Waals surface area contributed by atoms with E-state index in [1.54, 1.807) is 0 Å². The first kappa shape index (κ1) is 21.1. The van der Waals surface area contributed by atoms with Gasteiger partial charge in [-0.2, -0.15) is 0 Å². The lowest BCUT2D eigenvalue weighted by Gasteiger charge is -2.34. The molecule has 0 unspecified atom stereocenters. The molecule has 0 aromatic carbocycles. The number of hydrogen-bond acceptors (Lipinski definition) is 4. The number of unbranched alkanes of at least 4 members (excludes halogenated alkanes) is 1. The summed E-state index contributed by atoms with van der Waals surface area (Å²) in [7, 11) is 2.01. The van der Waals surface area contributed by atoms with Gasteiger partial charge in [0, 0.05) is 32.2 Å². The number of hydrogen-bond donors (Lipinski definition) is 2.